The molecule has 0 unspecified atom stereocenters. The van der Waals surface area contributed by atoms with Crippen LogP contribution in [-0.2, 0) is 16.4 Å². The largest absolute Gasteiger partial charge is 0.352 e. The van der Waals surface area contributed by atoms with Gasteiger partial charge < -0.3 is 5.32 Å². The minimum Gasteiger partial charge on any atom is -0.352 e. The highest BCUT2D eigenvalue weighted by molar-refractivity contribution is 7.92. The number of aryl methyl sites for hydroxylation is 1. The first-order valence-corrected chi connectivity index (χ1v) is 10.5. The third-order valence-corrected chi connectivity index (χ3v) is 6.49. The molecule has 2 aromatic carbocycles. The van der Waals surface area contributed by atoms with E-state index in [1.165, 1.54) is 4.31 Å². The maximum Gasteiger partial charge on any atom is 0.251 e. The minimum atomic E-state index is -3.29. The van der Waals surface area contributed by atoms with E-state index >= 15 is 0 Å². The van der Waals surface area contributed by atoms with Crippen molar-refractivity contribution in [3.8, 4) is 0 Å². The molecule has 5 nitrogen and oxygen atoms in total. The third kappa shape index (κ3) is 4.25. The van der Waals surface area contributed by atoms with Crippen LogP contribution in [0.1, 0.15) is 34.3 Å². The number of nitrogens with zero attached hydrogens (tertiary/aromatic N) is 1. The van der Waals surface area contributed by atoms with E-state index in [4.69, 9.17) is 0 Å². The Hall–Kier alpha value is -2.34. The highest BCUT2D eigenvalue weighted by Crippen LogP contribution is 2.27. The number of rotatable bonds is 5. The summed E-state index contributed by atoms with van der Waals surface area (Å²) < 4.78 is 26.2. The number of hydrogen-bond acceptors (Lipinski definition) is 3. The van der Waals surface area contributed by atoms with E-state index in [0.717, 1.165) is 24.0 Å². The van der Waals surface area contributed by atoms with E-state index < -0.39 is 10.0 Å². The Balaban J connectivity index is 1.71. The van der Waals surface area contributed by atoms with Gasteiger partial charge in [0, 0.05) is 18.7 Å². The van der Waals surface area contributed by atoms with Crippen LogP contribution in [0.25, 0.3) is 0 Å². The second-order valence-electron chi connectivity index (χ2n) is 6.59. The summed E-state index contributed by atoms with van der Waals surface area (Å²) in [5.41, 5.74) is 3.12. The van der Waals surface area contributed by atoms with Gasteiger partial charge in [0.1, 0.15) is 0 Å². The number of amides is 1. The van der Waals surface area contributed by atoms with Gasteiger partial charge in [0.25, 0.3) is 5.91 Å². The van der Waals surface area contributed by atoms with Crippen LogP contribution in [0.5, 0.6) is 0 Å². The summed E-state index contributed by atoms with van der Waals surface area (Å²) in [5.74, 6) is -0.0171. The number of sulfonamides is 1. The van der Waals surface area contributed by atoms with Crippen molar-refractivity contribution in [1.82, 2.24) is 5.32 Å². The lowest BCUT2D eigenvalue weighted by molar-refractivity contribution is 0.0954. The van der Waals surface area contributed by atoms with Gasteiger partial charge in [-0.1, -0.05) is 36.4 Å². The third-order valence-electron chi connectivity index (χ3n) is 4.63. The van der Waals surface area contributed by atoms with Crippen LogP contribution in [0.2, 0.25) is 0 Å². The molecule has 0 aliphatic carbocycles. The molecular formula is C20H24N2O3S. The van der Waals surface area contributed by atoms with E-state index in [-0.39, 0.29) is 11.7 Å². The van der Waals surface area contributed by atoms with Crippen molar-refractivity contribution in [1.29, 1.82) is 0 Å². The van der Waals surface area contributed by atoms with Crippen LogP contribution < -0.4 is 9.62 Å². The number of nitrogens with one attached hydrogen (secondary N) is 1. The molecule has 6 heteroatoms. The molecule has 1 heterocycles. The van der Waals surface area contributed by atoms with Crippen molar-refractivity contribution in [3.63, 3.8) is 0 Å². The van der Waals surface area contributed by atoms with Crippen molar-refractivity contribution in [2.24, 2.45) is 0 Å². The lowest BCUT2D eigenvalue weighted by Gasteiger charge is -2.29. The fourth-order valence-corrected chi connectivity index (χ4v) is 4.84. The van der Waals surface area contributed by atoms with Crippen LogP contribution >= 0.6 is 0 Å². The Morgan fingerprint density at radius 1 is 1.12 bits per heavy atom. The van der Waals surface area contributed by atoms with Crippen molar-refractivity contribution in [2.75, 3.05) is 23.1 Å². The van der Waals surface area contributed by atoms with Gasteiger partial charge in [-0.3, -0.25) is 9.10 Å². The van der Waals surface area contributed by atoms with Crippen LogP contribution in [0.15, 0.2) is 48.5 Å². The van der Waals surface area contributed by atoms with Crippen molar-refractivity contribution in [2.45, 2.75) is 26.2 Å². The quantitative estimate of drug-likeness (QED) is 0.878. The van der Waals surface area contributed by atoms with Crippen molar-refractivity contribution < 1.29 is 13.2 Å². The molecule has 0 atom stereocenters. The molecule has 1 saturated heterocycles. The molecule has 0 aromatic heterocycles. The lowest BCUT2D eigenvalue weighted by Crippen LogP contribution is -2.38. The topological polar surface area (TPSA) is 66.5 Å². The van der Waals surface area contributed by atoms with Gasteiger partial charge in [0.2, 0.25) is 10.0 Å². The molecule has 1 fully saturated rings. The van der Waals surface area contributed by atoms with Crippen LogP contribution in [0.4, 0.5) is 5.69 Å². The number of carbonyl (C=O) groups excluding carboxylic acids is 1. The van der Waals surface area contributed by atoms with Gasteiger partial charge >= 0.3 is 0 Å². The van der Waals surface area contributed by atoms with Crippen molar-refractivity contribution >= 4 is 21.6 Å². The Kier molecular flexibility index (Phi) is 5.61. The first kappa shape index (κ1) is 18.5. The predicted molar refractivity (Wildman–Crippen MR) is 104 cm³/mol. The van der Waals surface area contributed by atoms with E-state index in [0.29, 0.717) is 30.8 Å². The number of carbonyl (C=O) groups is 1. The number of benzene rings is 2. The summed E-state index contributed by atoms with van der Waals surface area (Å²) in [6, 6.07) is 15.2. The summed E-state index contributed by atoms with van der Waals surface area (Å²) in [7, 11) is -3.29. The zero-order valence-electron chi connectivity index (χ0n) is 14.9. The number of anilines is 1. The zero-order valence-corrected chi connectivity index (χ0v) is 15.8. The molecule has 1 amide bonds. The highest BCUT2D eigenvalue weighted by Gasteiger charge is 2.27. The molecule has 1 aliphatic heterocycles. The summed E-state index contributed by atoms with van der Waals surface area (Å²) in [6.07, 6.45) is 2.29. The molecule has 138 valence electrons. The molecule has 0 saturated carbocycles. The summed E-state index contributed by atoms with van der Waals surface area (Å²) in [5, 5.41) is 2.91. The van der Waals surface area contributed by atoms with Crippen LogP contribution in [0.3, 0.4) is 0 Å². The van der Waals surface area contributed by atoms with Crippen molar-refractivity contribution in [3.05, 3.63) is 65.2 Å². The van der Waals surface area contributed by atoms with Gasteiger partial charge in [0.05, 0.1) is 11.4 Å². The molecule has 2 aromatic rings. The molecule has 1 N–H and O–H groups in total. The SMILES string of the molecule is Cc1ccc(C(=O)NCCc2ccccc2)cc1N1CCCCS1(=O)=O. The van der Waals surface area contributed by atoms with E-state index in [2.05, 4.69) is 5.32 Å². The predicted octanol–water partition coefficient (Wildman–Crippen LogP) is 2.90. The Bertz CT molecular complexity index is 879. The second-order valence-corrected chi connectivity index (χ2v) is 8.60. The molecule has 26 heavy (non-hydrogen) atoms. The summed E-state index contributed by atoms with van der Waals surface area (Å²) in [6.45, 7) is 2.88. The minimum absolute atomic E-state index is 0.167. The summed E-state index contributed by atoms with van der Waals surface area (Å²) in [4.78, 5) is 12.5. The molecule has 0 radical (unpaired) electrons. The maximum atomic E-state index is 12.5. The Morgan fingerprint density at radius 3 is 2.62 bits per heavy atom. The maximum absolute atomic E-state index is 12.5. The summed E-state index contributed by atoms with van der Waals surface area (Å²) >= 11 is 0. The molecular weight excluding hydrogens is 348 g/mol. The van der Waals surface area contributed by atoms with Gasteiger partial charge in [-0.25, -0.2) is 8.42 Å². The lowest BCUT2D eigenvalue weighted by atomic mass is 10.1. The first-order chi connectivity index (χ1) is 12.5. The van der Waals surface area contributed by atoms with Gasteiger partial charge in [0.15, 0.2) is 0 Å². The second kappa shape index (κ2) is 7.91. The zero-order chi connectivity index (χ0) is 18.6. The first-order valence-electron chi connectivity index (χ1n) is 8.90. The molecule has 0 bridgehead atoms. The fourth-order valence-electron chi connectivity index (χ4n) is 3.15. The monoisotopic (exact) mass is 372 g/mol. The van der Waals surface area contributed by atoms with Crippen LogP contribution in [0, 0.1) is 6.92 Å². The van der Waals surface area contributed by atoms with E-state index in [1.807, 2.05) is 43.3 Å². The average molecular weight is 372 g/mol. The molecule has 1 aliphatic rings. The standard InChI is InChI=1S/C20H24N2O3S/c1-16-9-10-18(15-19(16)22-13-5-6-14-26(22,24)25)20(23)21-12-11-17-7-3-2-4-8-17/h2-4,7-10,15H,5-6,11-14H2,1H3,(H,21,23). The molecule has 3 rings (SSSR count). The average Bonchev–Trinajstić information content (AvgIpc) is 2.63. The molecule has 0 spiro atoms. The fraction of sp³-hybridized carbons (Fsp3) is 0.350. The normalized spacial score (nSPS) is 16.3. The Morgan fingerprint density at radius 2 is 1.88 bits per heavy atom. The Labute approximate surface area is 155 Å². The van der Waals surface area contributed by atoms with E-state index in [9.17, 15) is 13.2 Å². The number of hydrogen-bond donors (Lipinski definition) is 1. The highest BCUT2D eigenvalue weighted by atomic mass is 32.2. The van der Waals surface area contributed by atoms with E-state index in [1.54, 1.807) is 12.1 Å². The van der Waals surface area contributed by atoms with Gasteiger partial charge in [-0.05, 0) is 49.4 Å². The smallest absolute Gasteiger partial charge is 0.251 e. The van der Waals surface area contributed by atoms with Gasteiger partial charge in [-0.2, -0.15) is 0 Å². The van der Waals surface area contributed by atoms with Gasteiger partial charge in [-0.15, -0.1) is 0 Å². The van der Waals surface area contributed by atoms with Crippen LogP contribution in [-0.4, -0.2) is 33.2 Å².